The number of hydrogen-bond acceptors (Lipinski definition) is 3. The van der Waals surface area contributed by atoms with Crippen LogP contribution in [0.5, 0.6) is 0 Å². The molecule has 0 radical (unpaired) electrons. The third kappa shape index (κ3) is 3.97. The van der Waals surface area contributed by atoms with Gasteiger partial charge in [0.2, 0.25) is 11.8 Å². The van der Waals surface area contributed by atoms with Crippen LogP contribution in [0.25, 0.3) is 10.8 Å². The number of likely N-dealkylation sites (tertiary alicyclic amines) is 2. The van der Waals surface area contributed by atoms with Crippen LogP contribution in [0.15, 0.2) is 42.5 Å². The number of fused-ring (bicyclic) bond motifs is 1. The van der Waals surface area contributed by atoms with E-state index in [1.807, 2.05) is 52.3 Å². The largest absolute Gasteiger partial charge is 0.369 e. The fraction of sp³-hybridized carbons (Fsp3) is 0.435. The van der Waals surface area contributed by atoms with Gasteiger partial charge >= 0.3 is 0 Å². The first kappa shape index (κ1) is 19.4. The number of benzene rings is 2. The summed E-state index contributed by atoms with van der Waals surface area (Å²) in [6, 6.07) is 13.7. The van der Waals surface area contributed by atoms with Gasteiger partial charge in [0.05, 0.1) is 5.92 Å². The summed E-state index contributed by atoms with van der Waals surface area (Å²) in [5.74, 6) is -0.487. The highest BCUT2D eigenvalue weighted by atomic mass is 16.2. The molecular weight excluding hydrogens is 366 g/mol. The Morgan fingerprint density at radius 3 is 2.31 bits per heavy atom. The standard InChI is InChI=1S/C23H27N3O3/c24-21(27)17-10-13-25(14-11-17)22(28)18-7-4-12-26(15-18)23(29)20-9-3-6-16-5-1-2-8-19(16)20/h1-3,5-6,8-9,17-18H,4,7,10-15H2,(H2,24,27). The summed E-state index contributed by atoms with van der Waals surface area (Å²) >= 11 is 0. The molecule has 2 aliphatic heterocycles. The lowest BCUT2D eigenvalue weighted by molar-refractivity contribution is -0.139. The molecule has 0 bridgehead atoms. The van der Waals surface area contributed by atoms with Gasteiger partial charge in [-0.3, -0.25) is 14.4 Å². The van der Waals surface area contributed by atoms with Crippen LogP contribution >= 0.6 is 0 Å². The Morgan fingerprint density at radius 1 is 0.828 bits per heavy atom. The number of carbonyl (C=O) groups excluding carboxylic acids is 3. The minimum atomic E-state index is -0.276. The third-order valence-corrected chi connectivity index (χ3v) is 6.29. The summed E-state index contributed by atoms with van der Waals surface area (Å²) in [4.78, 5) is 41.3. The number of rotatable bonds is 3. The van der Waals surface area contributed by atoms with E-state index in [4.69, 9.17) is 5.73 Å². The Kier molecular flexibility index (Phi) is 5.51. The van der Waals surface area contributed by atoms with Crippen LogP contribution in [0.3, 0.4) is 0 Å². The number of primary amides is 1. The maximum atomic E-state index is 13.2. The molecule has 2 aromatic carbocycles. The van der Waals surface area contributed by atoms with E-state index < -0.39 is 0 Å². The van der Waals surface area contributed by atoms with Gasteiger partial charge in [0.25, 0.3) is 5.91 Å². The number of carbonyl (C=O) groups is 3. The highest BCUT2D eigenvalue weighted by Gasteiger charge is 2.34. The van der Waals surface area contributed by atoms with Crippen LogP contribution in [0.2, 0.25) is 0 Å². The average molecular weight is 393 g/mol. The van der Waals surface area contributed by atoms with Crippen molar-refractivity contribution in [1.29, 1.82) is 0 Å². The monoisotopic (exact) mass is 393 g/mol. The van der Waals surface area contributed by atoms with E-state index in [-0.39, 0.29) is 29.6 Å². The molecule has 4 rings (SSSR count). The minimum Gasteiger partial charge on any atom is -0.369 e. The highest BCUT2D eigenvalue weighted by Crippen LogP contribution is 2.26. The molecule has 2 fully saturated rings. The Balaban J connectivity index is 1.45. The van der Waals surface area contributed by atoms with E-state index >= 15 is 0 Å². The zero-order valence-electron chi connectivity index (χ0n) is 16.5. The SMILES string of the molecule is NC(=O)C1CCN(C(=O)C2CCCN(C(=O)c3cccc4ccccc34)C2)CC1. The normalized spacial score (nSPS) is 20.6. The molecule has 3 amide bonds. The van der Waals surface area contributed by atoms with Gasteiger partial charge in [-0.05, 0) is 42.5 Å². The first-order valence-corrected chi connectivity index (χ1v) is 10.4. The van der Waals surface area contributed by atoms with Gasteiger partial charge in [0.1, 0.15) is 0 Å². The van der Waals surface area contributed by atoms with E-state index in [1.165, 1.54) is 0 Å². The summed E-state index contributed by atoms with van der Waals surface area (Å²) < 4.78 is 0. The van der Waals surface area contributed by atoms with Crippen molar-refractivity contribution in [3.8, 4) is 0 Å². The fourth-order valence-corrected chi connectivity index (χ4v) is 4.59. The van der Waals surface area contributed by atoms with Gasteiger partial charge in [0, 0.05) is 37.7 Å². The van der Waals surface area contributed by atoms with Gasteiger partial charge in [-0.25, -0.2) is 0 Å². The van der Waals surface area contributed by atoms with E-state index in [1.54, 1.807) is 0 Å². The zero-order valence-corrected chi connectivity index (χ0v) is 16.5. The van der Waals surface area contributed by atoms with Gasteiger partial charge < -0.3 is 15.5 Å². The minimum absolute atomic E-state index is 0.00765. The smallest absolute Gasteiger partial charge is 0.254 e. The molecule has 0 aliphatic carbocycles. The van der Waals surface area contributed by atoms with Crippen molar-refractivity contribution in [2.24, 2.45) is 17.6 Å². The fourth-order valence-electron chi connectivity index (χ4n) is 4.59. The van der Waals surface area contributed by atoms with Crippen LogP contribution < -0.4 is 5.73 Å². The van der Waals surface area contributed by atoms with Crippen molar-refractivity contribution >= 4 is 28.5 Å². The van der Waals surface area contributed by atoms with Crippen LogP contribution in [-0.2, 0) is 9.59 Å². The van der Waals surface area contributed by atoms with Crippen molar-refractivity contribution < 1.29 is 14.4 Å². The molecule has 29 heavy (non-hydrogen) atoms. The van der Waals surface area contributed by atoms with Crippen LogP contribution in [0.1, 0.15) is 36.0 Å². The van der Waals surface area contributed by atoms with E-state index in [9.17, 15) is 14.4 Å². The molecule has 2 saturated heterocycles. The first-order chi connectivity index (χ1) is 14.0. The molecule has 0 saturated carbocycles. The molecule has 1 unspecified atom stereocenters. The van der Waals surface area contributed by atoms with E-state index in [0.29, 0.717) is 44.6 Å². The van der Waals surface area contributed by atoms with Crippen LogP contribution in [0.4, 0.5) is 0 Å². The number of hydrogen-bond donors (Lipinski definition) is 1. The molecule has 2 aromatic rings. The molecule has 0 spiro atoms. The molecular formula is C23H27N3O3. The second-order valence-electron chi connectivity index (χ2n) is 8.12. The van der Waals surface area contributed by atoms with Gasteiger partial charge in [-0.1, -0.05) is 36.4 Å². The predicted molar refractivity (Wildman–Crippen MR) is 111 cm³/mol. The number of piperidine rings is 2. The maximum Gasteiger partial charge on any atom is 0.254 e. The Hall–Kier alpha value is -2.89. The number of amides is 3. The summed E-state index contributed by atoms with van der Waals surface area (Å²) in [6.07, 6.45) is 2.89. The lowest BCUT2D eigenvalue weighted by Gasteiger charge is -2.37. The van der Waals surface area contributed by atoms with Crippen molar-refractivity contribution in [3.63, 3.8) is 0 Å². The molecule has 6 heteroatoms. The van der Waals surface area contributed by atoms with E-state index in [2.05, 4.69) is 0 Å². The summed E-state index contributed by atoms with van der Waals surface area (Å²) in [6.45, 7) is 2.27. The molecule has 0 aromatic heterocycles. The Labute approximate surface area is 170 Å². The molecule has 1 atom stereocenters. The molecule has 6 nitrogen and oxygen atoms in total. The van der Waals surface area contributed by atoms with Gasteiger partial charge in [0.15, 0.2) is 0 Å². The summed E-state index contributed by atoms with van der Waals surface area (Å²) in [5, 5.41) is 1.99. The van der Waals surface area contributed by atoms with Crippen molar-refractivity contribution in [1.82, 2.24) is 9.80 Å². The maximum absolute atomic E-state index is 13.2. The van der Waals surface area contributed by atoms with Crippen LogP contribution in [-0.4, -0.2) is 53.7 Å². The molecule has 2 heterocycles. The first-order valence-electron chi connectivity index (χ1n) is 10.4. The second kappa shape index (κ2) is 8.23. The third-order valence-electron chi connectivity index (χ3n) is 6.29. The molecule has 152 valence electrons. The Bertz CT molecular complexity index is 929. The zero-order chi connectivity index (χ0) is 20.4. The van der Waals surface area contributed by atoms with Crippen molar-refractivity contribution in [3.05, 3.63) is 48.0 Å². The lowest BCUT2D eigenvalue weighted by Crippen LogP contribution is -2.49. The molecule has 2 aliphatic rings. The molecule has 2 N–H and O–H groups in total. The Morgan fingerprint density at radius 2 is 1.55 bits per heavy atom. The van der Waals surface area contributed by atoms with E-state index in [0.717, 1.165) is 23.6 Å². The quantitative estimate of drug-likeness (QED) is 0.869. The predicted octanol–water partition coefficient (Wildman–Crippen LogP) is 2.42. The highest BCUT2D eigenvalue weighted by molar-refractivity contribution is 6.07. The topological polar surface area (TPSA) is 83.7 Å². The van der Waals surface area contributed by atoms with Crippen molar-refractivity contribution in [2.45, 2.75) is 25.7 Å². The van der Waals surface area contributed by atoms with Gasteiger partial charge in [-0.15, -0.1) is 0 Å². The average Bonchev–Trinajstić information content (AvgIpc) is 2.78. The van der Waals surface area contributed by atoms with Gasteiger partial charge in [-0.2, -0.15) is 0 Å². The number of nitrogens with zero attached hydrogens (tertiary/aromatic N) is 2. The summed E-state index contributed by atoms with van der Waals surface area (Å²) in [5.41, 5.74) is 6.08. The summed E-state index contributed by atoms with van der Waals surface area (Å²) in [7, 11) is 0. The second-order valence-corrected chi connectivity index (χ2v) is 8.12. The van der Waals surface area contributed by atoms with Crippen molar-refractivity contribution in [2.75, 3.05) is 26.2 Å². The van der Waals surface area contributed by atoms with Crippen LogP contribution in [0, 0.1) is 11.8 Å². The number of nitrogens with two attached hydrogens (primary N) is 1. The lowest BCUT2D eigenvalue weighted by atomic mass is 9.92.